The topological polar surface area (TPSA) is 97.3 Å². The van der Waals surface area contributed by atoms with Gasteiger partial charge in [-0.1, -0.05) is 32.4 Å². The molecule has 1 aliphatic rings. The van der Waals surface area contributed by atoms with Crippen molar-refractivity contribution in [3.63, 3.8) is 0 Å². The van der Waals surface area contributed by atoms with E-state index in [9.17, 15) is 4.79 Å². The highest BCUT2D eigenvalue weighted by Crippen LogP contribution is 2.28. The minimum absolute atomic E-state index is 0.192. The Balaban J connectivity index is 0.000000446. The minimum atomic E-state index is -0.192. The number of nitrogens with zero attached hydrogens (tertiary/aromatic N) is 2. The van der Waals surface area contributed by atoms with Gasteiger partial charge in [-0.3, -0.25) is 9.78 Å². The van der Waals surface area contributed by atoms with Crippen LogP contribution in [0.4, 0.5) is 0 Å². The third kappa shape index (κ3) is 14.0. The number of aromatic nitrogens is 1. The molecule has 26 heavy (non-hydrogen) atoms. The predicted octanol–water partition coefficient (Wildman–Crippen LogP) is 3.20. The summed E-state index contributed by atoms with van der Waals surface area (Å²) in [5.41, 5.74) is 6.51. The molecule has 1 aromatic rings. The number of nitrogens with one attached hydrogen (secondary N) is 1. The van der Waals surface area contributed by atoms with Crippen LogP contribution in [0.15, 0.2) is 48.4 Å². The molecule has 0 aliphatic heterocycles. The van der Waals surface area contributed by atoms with Gasteiger partial charge in [-0.15, -0.1) is 0 Å². The van der Waals surface area contributed by atoms with Gasteiger partial charge < -0.3 is 16.1 Å². The molecule has 2 rings (SSSR count). The van der Waals surface area contributed by atoms with Crippen LogP contribution >= 0.6 is 0 Å². The normalized spacial score (nSPS) is 13.2. The number of amides is 1. The summed E-state index contributed by atoms with van der Waals surface area (Å²) in [7, 11) is 0. The average Bonchev–Trinajstić information content (AvgIpc) is 3.41. The molecule has 0 radical (unpaired) electrons. The summed E-state index contributed by atoms with van der Waals surface area (Å²) in [5.74, 6) is 6.26. The highest BCUT2D eigenvalue weighted by Gasteiger charge is 2.21. The number of hydrogen-bond donors (Lipinski definition) is 3. The Morgan fingerprint density at radius 3 is 2.50 bits per heavy atom. The van der Waals surface area contributed by atoms with E-state index in [2.05, 4.69) is 24.1 Å². The Morgan fingerprint density at radius 2 is 2.04 bits per heavy atom. The van der Waals surface area contributed by atoms with Gasteiger partial charge in [-0.05, 0) is 50.8 Å². The van der Waals surface area contributed by atoms with Crippen LogP contribution in [0.25, 0.3) is 0 Å². The lowest BCUT2D eigenvalue weighted by atomic mass is 10.3. The standard InChI is InChI=1S/C10H13N3O.C7H14N2.C3H8/c1-8(11)5-7-13-10(14)9-4-2-3-6-12-9;1-2-5-9(8)6-7-3-4-7;1-3-2/h2-6H,7,11H2,1H3,(H,13,14);2,5,7H,3-4,6,8H2,1H3;3H2,1-2H3/b8-5+;5-2+;. The molecule has 0 bridgehead atoms. The number of allylic oxidation sites excluding steroid dienone is 2. The molecule has 1 aromatic heterocycles. The van der Waals surface area contributed by atoms with Gasteiger partial charge in [-0.2, -0.15) is 0 Å². The number of rotatable bonds is 6. The average molecular weight is 362 g/mol. The van der Waals surface area contributed by atoms with E-state index in [0.29, 0.717) is 17.9 Å². The maximum absolute atomic E-state index is 11.4. The van der Waals surface area contributed by atoms with Crippen molar-refractivity contribution in [2.45, 2.75) is 47.0 Å². The van der Waals surface area contributed by atoms with Crippen molar-refractivity contribution in [2.24, 2.45) is 17.5 Å². The van der Waals surface area contributed by atoms with Crippen molar-refractivity contribution < 1.29 is 4.79 Å². The molecule has 0 saturated heterocycles. The summed E-state index contributed by atoms with van der Waals surface area (Å²) >= 11 is 0. The molecular formula is C20H35N5O. The second-order valence-corrected chi connectivity index (χ2v) is 6.20. The number of hydrazine groups is 1. The Hall–Kier alpha value is -2.34. The van der Waals surface area contributed by atoms with Crippen molar-refractivity contribution >= 4 is 5.91 Å². The van der Waals surface area contributed by atoms with Gasteiger partial charge in [0.2, 0.25) is 0 Å². The van der Waals surface area contributed by atoms with Gasteiger partial charge in [0.25, 0.3) is 5.91 Å². The second-order valence-electron chi connectivity index (χ2n) is 6.20. The highest BCUT2D eigenvalue weighted by molar-refractivity contribution is 5.92. The van der Waals surface area contributed by atoms with Crippen molar-refractivity contribution in [2.75, 3.05) is 13.1 Å². The fourth-order valence-corrected chi connectivity index (χ4v) is 1.74. The van der Waals surface area contributed by atoms with E-state index in [1.165, 1.54) is 19.3 Å². The van der Waals surface area contributed by atoms with Crippen LogP contribution < -0.4 is 16.9 Å². The van der Waals surface area contributed by atoms with Crippen LogP contribution in [0.2, 0.25) is 0 Å². The largest absolute Gasteiger partial charge is 0.402 e. The lowest BCUT2D eigenvalue weighted by Crippen LogP contribution is -2.26. The van der Waals surface area contributed by atoms with Gasteiger partial charge in [0.1, 0.15) is 5.69 Å². The Bertz CT molecular complexity index is 534. The quantitative estimate of drug-likeness (QED) is 0.534. The van der Waals surface area contributed by atoms with Crippen LogP contribution in [0.5, 0.6) is 0 Å². The zero-order valence-corrected chi connectivity index (χ0v) is 16.6. The summed E-state index contributed by atoms with van der Waals surface area (Å²) in [6.45, 7) is 9.46. The van der Waals surface area contributed by atoms with Gasteiger partial charge in [0, 0.05) is 31.2 Å². The van der Waals surface area contributed by atoms with E-state index in [-0.39, 0.29) is 5.91 Å². The number of pyridine rings is 1. The van der Waals surface area contributed by atoms with Gasteiger partial charge in [-0.25, -0.2) is 5.84 Å². The van der Waals surface area contributed by atoms with Crippen LogP contribution in [-0.2, 0) is 0 Å². The molecule has 5 N–H and O–H groups in total. The third-order valence-corrected chi connectivity index (χ3v) is 3.09. The van der Waals surface area contributed by atoms with Crippen LogP contribution in [0, 0.1) is 5.92 Å². The molecule has 1 fully saturated rings. The Morgan fingerprint density at radius 1 is 1.38 bits per heavy atom. The molecule has 0 spiro atoms. The summed E-state index contributed by atoms with van der Waals surface area (Å²) in [5, 5.41) is 4.43. The lowest BCUT2D eigenvalue weighted by Gasteiger charge is -2.11. The first kappa shape index (κ1) is 23.7. The van der Waals surface area contributed by atoms with Crippen LogP contribution in [-0.4, -0.2) is 29.0 Å². The highest BCUT2D eigenvalue weighted by atomic mass is 16.1. The fraction of sp³-hybridized carbons (Fsp3) is 0.500. The first-order chi connectivity index (χ1) is 12.4. The van der Waals surface area contributed by atoms with E-state index in [1.807, 2.05) is 19.2 Å². The molecule has 1 saturated carbocycles. The first-order valence-corrected chi connectivity index (χ1v) is 9.20. The maximum atomic E-state index is 11.4. The molecule has 0 unspecified atom stereocenters. The molecule has 1 aliphatic carbocycles. The van der Waals surface area contributed by atoms with Crippen molar-refractivity contribution in [3.8, 4) is 0 Å². The van der Waals surface area contributed by atoms with E-state index >= 15 is 0 Å². The zero-order valence-electron chi connectivity index (χ0n) is 16.6. The lowest BCUT2D eigenvalue weighted by molar-refractivity contribution is 0.0953. The van der Waals surface area contributed by atoms with Crippen LogP contribution in [0.3, 0.4) is 0 Å². The summed E-state index contributed by atoms with van der Waals surface area (Å²) in [6.07, 6.45) is 11.2. The van der Waals surface area contributed by atoms with Crippen molar-refractivity contribution in [1.29, 1.82) is 0 Å². The van der Waals surface area contributed by atoms with E-state index < -0.39 is 0 Å². The van der Waals surface area contributed by atoms with Crippen molar-refractivity contribution in [3.05, 3.63) is 54.1 Å². The SMILES string of the molecule is C/C(N)=C\CNC(=O)c1ccccn1.C/C=C/N(N)CC1CC1.CCC. The fourth-order valence-electron chi connectivity index (χ4n) is 1.74. The summed E-state index contributed by atoms with van der Waals surface area (Å²) in [6, 6.07) is 5.20. The molecule has 6 heteroatoms. The second kappa shape index (κ2) is 15.0. The van der Waals surface area contributed by atoms with E-state index in [1.54, 1.807) is 42.4 Å². The van der Waals surface area contributed by atoms with E-state index in [4.69, 9.17) is 11.6 Å². The van der Waals surface area contributed by atoms with Gasteiger partial charge in [0.05, 0.1) is 0 Å². The molecule has 6 nitrogen and oxygen atoms in total. The predicted molar refractivity (Wildman–Crippen MR) is 109 cm³/mol. The maximum Gasteiger partial charge on any atom is 0.270 e. The molecule has 146 valence electrons. The Kier molecular flexibility index (Phi) is 13.6. The third-order valence-electron chi connectivity index (χ3n) is 3.09. The van der Waals surface area contributed by atoms with Gasteiger partial charge >= 0.3 is 0 Å². The Labute approximate surface area is 158 Å². The zero-order chi connectivity index (χ0) is 19.8. The number of hydrogen-bond acceptors (Lipinski definition) is 5. The van der Waals surface area contributed by atoms with Crippen LogP contribution in [0.1, 0.15) is 57.4 Å². The number of carbonyl (C=O) groups excluding carboxylic acids is 1. The molecule has 1 amide bonds. The van der Waals surface area contributed by atoms with E-state index in [0.717, 1.165) is 12.5 Å². The minimum Gasteiger partial charge on any atom is -0.402 e. The number of carbonyl (C=O) groups is 1. The van der Waals surface area contributed by atoms with Crippen molar-refractivity contribution in [1.82, 2.24) is 15.3 Å². The number of nitrogens with two attached hydrogens (primary N) is 2. The monoisotopic (exact) mass is 361 g/mol. The van der Waals surface area contributed by atoms with Gasteiger partial charge in [0.15, 0.2) is 0 Å². The smallest absolute Gasteiger partial charge is 0.270 e. The summed E-state index contributed by atoms with van der Waals surface area (Å²) in [4.78, 5) is 15.3. The first-order valence-electron chi connectivity index (χ1n) is 9.20. The molecule has 1 heterocycles. The molecule has 0 aromatic carbocycles. The molecular weight excluding hydrogens is 326 g/mol. The summed E-state index contributed by atoms with van der Waals surface area (Å²) < 4.78 is 0. The molecule has 0 atom stereocenters.